The number of anilines is 1. The van der Waals surface area contributed by atoms with Crippen LogP contribution in [-0.4, -0.2) is 37.2 Å². The van der Waals surface area contributed by atoms with E-state index >= 15 is 0 Å². The Labute approximate surface area is 173 Å². The van der Waals surface area contributed by atoms with Gasteiger partial charge in [0.15, 0.2) is 11.5 Å². The van der Waals surface area contributed by atoms with Gasteiger partial charge in [0, 0.05) is 41.7 Å². The van der Waals surface area contributed by atoms with Crippen molar-refractivity contribution in [3.8, 4) is 17.2 Å². The first-order valence-electron chi connectivity index (χ1n) is 8.74. The van der Waals surface area contributed by atoms with Crippen molar-refractivity contribution in [2.75, 3.05) is 26.6 Å². The van der Waals surface area contributed by atoms with E-state index < -0.39 is 0 Å². The third kappa shape index (κ3) is 4.97. The Bertz CT molecular complexity index is 983. The average molecular weight is 411 g/mol. The summed E-state index contributed by atoms with van der Waals surface area (Å²) in [6, 6.07) is 10.6. The number of carbonyl (C=O) groups is 1. The molecule has 29 heavy (non-hydrogen) atoms. The Morgan fingerprint density at radius 3 is 2.34 bits per heavy atom. The molecular weight excluding hydrogens is 390 g/mol. The van der Waals surface area contributed by atoms with Crippen LogP contribution in [0.5, 0.6) is 17.2 Å². The number of methoxy groups -OCH3 is 3. The molecule has 0 unspecified atom stereocenters. The van der Waals surface area contributed by atoms with Crippen LogP contribution in [0.4, 0.5) is 5.69 Å². The first-order chi connectivity index (χ1) is 14.2. The molecule has 3 rings (SSSR count). The van der Waals surface area contributed by atoms with Gasteiger partial charge in [-0.2, -0.15) is 0 Å². The van der Waals surface area contributed by atoms with E-state index in [1.807, 2.05) is 6.07 Å². The van der Waals surface area contributed by atoms with Crippen molar-refractivity contribution in [1.82, 2.24) is 9.97 Å². The molecule has 0 aliphatic rings. The number of nitrogens with zero attached hydrogens (tertiary/aromatic N) is 2. The second kappa shape index (κ2) is 9.79. The smallest absolute Gasteiger partial charge is 0.258 e. The normalized spacial score (nSPS) is 10.3. The Kier molecular flexibility index (Phi) is 6.91. The van der Waals surface area contributed by atoms with Gasteiger partial charge in [-0.3, -0.25) is 9.78 Å². The lowest BCUT2D eigenvalue weighted by Gasteiger charge is -2.14. The number of carbonyl (C=O) groups excluding carboxylic acids is 1. The van der Waals surface area contributed by atoms with Gasteiger partial charge in [-0.1, -0.05) is 0 Å². The van der Waals surface area contributed by atoms with Crippen LogP contribution in [0.2, 0.25) is 0 Å². The summed E-state index contributed by atoms with van der Waals surface area (Å²) in [5.74, 6) is 2.18. The molecule has 8 heteroatoms. The second-order valence-corrected chi connectivity index (χ2v) is 6.82. The van der Waals surface area contributed by atoms with Crippen LogP contribution in [0.25, 0.3) is 0 Å². The molecule has 0 bridgehead atoms. The van der Waals surface area contributed by atoms with Gasteiger partial charge >= 0.3 is 0 Å². The van der Waals surface area contributed by atoms with Crippen LogP contribution in [0, 0.1) is 0 Å². The van der Waals surface area contributed by atoms with Crippen LogP contribution in [-0.2, 0) is 5.75 Å². The molecule has 3 aromatic rings. The molecule has 0 radical (unpaired) electrons. The first kappa shape index (κ1) is 20.5. The summed E-state index contributed by atoms with van der Waals surface area (Å²) in [4.78, 5) is 21.0. The van der Waals surface area contributed by atoms with Gasteiger partial charge in [-0.25, -0.2) is 4.98 Å². The molecule has 0 spiro atoms. The molecule has 2 aromatic heterocycles. The second-order valence-electron chi connectivity index (χ2n) is 5.85. The predicted molar refractivity (Wildman–Crippen MR) is 112 cm³/mol. The molecule has 7 nitrogen and oxygen atoms in total. The lowest BCUT2D eigenvalue weighted by atomic mass is 10.2. The Balaban J connectivity index is 1.81. The van der Waals surface area contributed by atoms with E-state index in [-0.39, 0.29) is 5.91 Å². The van der Waals surface area contributed by atoms with Crippen molar-refractivity contribution in [3.05, 3.63) is 66.1 Å². The van der Waals surface area contributed by atoms with Gasteiger partial charge in [0.1, 0.15) is 10.8 Å². The Morgan fingerprint density at radius 1 is 0.966 bits per heavy atom. The minimum absolute atomic E-state index is 0.230. The molecule has 1 amide bonds. The summed E-state index contributed by atoms with van der Waals surface area (Å²) in [5, 5.41) is 3.48. The first-order valence-corrected chi connectivity index (χ1v) is 9.73. The zero-order valence-electron chi connectivity index (χ0n) is 16.3. The van der Waals surface area contributed by atoms with E-state index in [0.717, 1.165) is 5.56 Å². The standard InChI is InChI=1S/C21H21N3O4S/c1-26-17-12-19(28-3)18(27-2)11-14(17)13-29-21-16(5-4-8-23-21)20(25)24-15-6-9-22-10-7-15/h4-12H,13H2,1-3H3,(H,22,24,25). The summed E-state index contributed by atoms with van der Waals surface area (Å²) in [7, 11) is 4.76. The molecule has 2 heterocycles. The van der Waals surface area contributed by atoms with Crippen LogP contribution in [0.1, 0.15) is 15.9 Å². The number of pyridine rings is 2. The third-order valence-electron chi connectivity index (χ3n) is 4.10. The molecule has 1 aromatic carbocycles. The van der Waals surface area contributed by atoms with Crippen molar-refractivity contribution in [3.63, 3.8) is 0 Å². The minimum atomic E-state index is -0.230. The maximum atomic E-state index is 12.7. The van der Waals surface area contributed by atoms with Crippen LogP contribution < -0.4 is 19.5 Å². The highest BCUT2D eigenvalue weighted by atomic mass is 32.2. The molecule has 150 valence electrons. The molecule has 0 fully saturated rings. The summed E-state index contributed by atoms with van der Waals surface area (Å²) in [5.41, 5.74) is 2.07. The SMILES string of the molecule is COc1cc(OC)c(OC)cc1CSc1ncccc1C(=O)Nc1ccncc1. The average Bonchev–Trinajstić information content (AvgIpc) is 2.77. The number of hydrogen-bond donors (Lipinski definition) is 1. The molecule has 0 aliphatic carbocycles. The maximum Gasteiger partial charge on any atom is 0.258 e. The number of thioether (sulfide) groups is 1. The summed E-state index contributed by atoms with van der Waals surface area (Å²) >= 11 is 1.44. The number of nitrogens with one attached hydrogen (secondary N) is 1. The molecule has 0 saturated heterocycles. The zero-order chi connectivity index (χ0) is 20.6. The number of rotatable bonds is 8. The fourth-order valence-corrected chi connectivity index (χ4v) is 3.63. The maximum absolute atomic E-state index is 12.7. The third-order valence-corrected chi connectivity index (χ3v) is 5.16. The quantitative estimate of drug-likeness (QED) is 0.560. The number of amides is 1. The Hall–Kier alpha value is -3.26. The van der Waals surface area contributed by atoms with Crippen molar-refractivity contribution < 1.29 is 19.0 Å². The van der Waals surface area contributed by atoms with Crippen LogP contribution in [0.15, 0.2) is 60.0 Å². The van der Waals surface area contributed by atoms with E-state index in [2.05, 4.69) is 15.3 Å². The minimum Gasteiger partial charge on any atom is -0.496 e. The van der Waals surface area contributed by atoms with Gasteiger partial charge in [0.2, 0.25) is 0 Å². The van der Waals surface area contributed by atoms with Gasteiger partial charge in [-0.15, -0.1) is 11.8 Å². The summed E-state index contributed by atoms with van der Waals surface area (Å²) in [6.07, 6.45) is 4.91. The van der Waals surface area contributed by atoms with Gasteiger partial charge in [0.25, 0.3) is 5.91 Å². The fraction of sp³-hybridized carbons (Fsp3) is 0.190. The molecular formula is C21H21N3O4S. The zero-order valence-corrected chi connectivity index (χ0v) is 17.2. The number of aromatic nitrogens is 2. The molecule has 0 atom stereocenters. The lowest BCUT2D eigenvalue weighted by molar-refractivity contribution is 0.102. The highest BCUT2D eigenvalue weighted by molar-refractivity contribution is 7.98. The van der Waals surface area contributed by atoms with Crippen molar-refractivity contribution in [1.29, 1.82) is 0 Å². The van der Waals surface area contributed by atoms with Crippen LogP contribution >= 0.6 is 11.8 Å². The van der Waals surface area contributed by atoms with E-state index in [0.29, 0.717) is 39.3 Å². The largest absolute Gasteiger partial charge is 0.496 e. The van der Waals surface area contributed by atoms with Gasteiger partial charge in [0.05, 0.1) is 26.9 Å². The monoisotopic (exact) mass is 411 g/mol. The highest BCUT2D eigenvalue weighted by Gasteiger charge is 2.16. The fourth-order valence-electron chi connectivity index (χ4n) is 2.66. The van der Waals surface area contributed by atoms with E-state index in [4.69, 9.17) is 14.2 Å². The molecule has 0 aliphatic heterocycles. The van der Waals surface area contributed by atoms with Crippen molar-refractivity contribution in [2.24, 2.45) is 0 Å². The summed E-state index contributed by atoms with van der Waals surface area (Å²) in [6.45, 7) is 0. The van der Waals surface area contributed by atoms with Gasteiger partial charge in [-0.05, 0) is 30.3 Å². The van der Waals surface area contributed by atoms with Crippen molar-refractivity contribution in [2.45, 2.75) is 10.8 Å². The van der Waals surface area contributed by atoms with Crippen LogP contribution in [0.3, 0.4) is 0 Å². The number of hydrogen-bond acceptors (Lipinski definition) is 7. The summed E-state index contributed by atoms with van der Waals surface area (Å²) < 4.78 is 16.2. The predicted octanol–water partition coefficient (Wildman–Crippen LogP) is 4.05. The number of ether oxygens (including phenoxy) is 3. The lowest BCUT2D eigenvalue weighted by Crippen LogP contribution is -2.13. The topological polar surface area (TPSA) is 82.6 Å². The molecule has 1 N–H and O–H groups in total. The highest BCUT2D eigenvalue weighted by Crippen LogP contribution is 2.37. The van der Waals surface area contributed by atoms with Gasteiger partial charge < -0.3 is 19.5 Å². The number of benzene rings is 1. The molecule has 0 saturated carbocycles. The van der Waals surface area contributed by atoms with E-state index in [9.17, 15) is 4.79 Å². The van der Waals surface area contributed by atoms with Crippen molar-refractivity contribution >= 4 is 23.4 Å². The Morgan fingerprint density at radius 2 is 1.66 bits per heavy atom. The van der Waals surface area contributed by atoms with E-state index in [1.54, 1.807) is 70.3 Å². The van der Waals surface area contributed by atoms with E-state index in [1.165, 1.54) is 11.8 Å².